The molecule has 0 bridgehead atoms. The first-order valence-electron chi connectivity index (χ1n) is 9.14. The second-order valence-corrected chi connectivity index (χ2v) is 7.30. The van der Waals surface area contributed by atoms with Crippen LogP contribution >= 0.6 is 11.6 Å². The standard InChI is InChI=1S/C18H18ClF3N6O3/c1-10(2)15-16(31-6-5-18(20,21)22)14(19)17(30)28(26-15)8-13(29)24-11-3-4-12-25-23-9-27(12)7-11/h3-4,7,9-10H,5-6,8H2,1-2H3,(H,24,29). The summed E-state index contributed by atoms with van der Waals surface area (Å²) in [6.07, 6.45) is -2.57. The minimum absolute atomic E-state index is 0.172. The number of aromatic nitrogens is 5. The van der Waals surface area contributed by atoms with Gasteiger partial charge in [-0.05, 0) is 12.1 Å². The molecular formula is C18H18ClF3N6O3. The summed E-state index contributed by atoms with van der Waals surface area (Å²) in [6, 6.07) is 3.26. The predicted molar refractivity (Wildman–Crippen MR) is 105 cm³/mol. The van der Waals surface area contributed by atoms with Crippen LogP contribution in [0, 0.1) is 0 Å². The zero-order valence-corrected chi connectivity index (χ0v) is 17.2. The van der Waals surface area contributed by atoms with Crippen LogP contribution in [0.2, 0.25) is 5.02 Å². The molecule has 1 N–H and O–H groups in total. The molecule has 0 unspecified atom stereocenters. The second kappa shape index (κ2) is 8.92. The number of nitrogens with one attached hydrogen (secondary N) is 1. The van der Waals surface area contributed by atoms with Crippen molar-refractivity contribution in [3.05, 3.63) is 45.7 Å². The van der Waals surface area contributed by atoms with Crippen LogP contribution in [0.3, 0.4) is 0 Å². The van der Waals surface area contributed by atoms with E-state index in [9.17, 15) is 22.8 Å². The molecule has 0 aliphatic rings. The lowest BCUT2D eigenvalue weighted by atomic mass is 10.1. The number of carbonyl (C=O) groups is 1. The van der Waals surface area contributed by atoms with Crippen molar-refractivity contribution in [2.45, 2.75) is 38.9 Å². The van der Waals surface area contributed by atoms with E-state index in [0.717, 1.165) is 4.68 Å². The van der Waals surface area contributed by atoms with E-state index in [4.69, 9.17) is 16.3 Å². The van der Waals surface area contributed by atoms with E-state index >= 15 is 0 Å². The zero-order chi connectivity index (χ0) is 22.8. The summed E-state index contributed by atoms with van der Waals surface area (Å²) in [6.45, 7) is 2.25. The number of halogens is 4. The second-order valence-electron chi connectivity index (χ2n) is 6.92. The molecule has 13 heteroatoms. The summed E-state index contributed by atoms with van der Waals surface area (Å²) in [5, 5.41) is 13.9. The maximum Gasteiger partial charge on any atom is 0.392 e. The Bertz CT molecular complexity index is 1160. The third kappa shape index (κ3) is 5.51. The largest absolute Gasteiger partial charge is 0.489 e. The third-order valence-electron chi connectivity index (χ3n) is 4.13. The van der Waals surface area contributed by atoms with Crippen molar-refractivity contribution in [3.8, 4) is 5.75 Å². The number of alkyl halides is 3. The fourth-order valence-electron chi connectivity index (χ4n) is 2.67. The van der Waals surface area contributed by atoms with Gasteiger partial charge in [-0.15, -0.1) is 10.2 Å². The van der Waals surface area contributed by atoms with Crippen LogP contribution in [0.5, 0.6) is 5.75 Å². The fraction of sp³-hybridized carbons (Fsp3) is 0.389. The van der Waals surface area contributed by atoms with Crippen LogP contribution in [-0.2, 0) is 11.3 Å². The minimum atomic E-state index is -4.42. The van der Waals surface area contributed by atoms with Gasteiger partial charge in [0.2, 0.25) is 5.91 Å². The van der Waals surface area contributed by atoms with Gasteiger partial charge in [0.25, 0.3) is 5.56 Å². The van der Waals surface area contributed by atoms with Crippen molar-refractivity contribution in [2.24, 2.45) is 0 Å². The van der Waals surface area contributed by atoms with Gasteiger partial charge < -0.3 is 10.1 Å². The highest BCUT2D eigenvalue weighted by molar-refractivity contribution is 6.31. The van der Waals surface area contributed by atoms with Gasteiger partial charge >= 0.3 is 6.18 Å². The number of fused-ring (bicyclic) bond motifs is 1. The van der Waals surface area contributed by atoms with Gasteiger partial charge in [0, 0.05) is 12.1 Å². The number of ether oxygens (including phenoxy) is 1. The highest BCUT2D eigenvalue weighted by atomic mass is 35.5. The summed E-state index contributed by atoms with van der Waals surface area (Å²) in [7, 11) is 0. The lowest BCUT2D eigenvalue weighted by molar-refractivity contribution is -0.139. The van der Waals surface area contributed by atoms with Crippen LogP contribution in [-0.4, -0.2) is 43.1 Å². The Hall–Kier alpha value is -3.15. The minimum Gasteiger partial charge on any atom is -0.489 e. The molecule has 3 heterocycles. The van der Waals surface area contributed by atoms with Gasteiger partial charge in [-0.25, -0.2) is 4.68 Å². The van der Waals surface area contributed by atoms with E-state index in [2.05, 4.69) is 20.6 Å². The number of anilines is 1. The molecule has 3 aromatic heterocycles. The number of hydrogen-bond acceptors (Lipinski definition) is 6. The van der Waals surface area contributed by atoms with E-state index in [-0.39, 0.29) is 17.4 Å². The molecule has 0 saturated heterocycles. The molecule has 0 radical (unpaired) electrons. The predicted octanol–water partition coefficient (Wildman–Crippen LogP) is 3.03. The van der Waals surface area contributed by atoms with Crippen LogP contribution in [0.15, 0.2) is 29.5 Å². The maximum atomic E-state index is 12.5. The Balaban J connectivity index is 1.80. The smallest absolute Gasteiger partial charge is 0.392 e. The Morgan fingerprint density at radius 2 is 2.06 bits per heavy atom. The molecule has 0 aliphatic heterocycles. The van der Waals surface area contributed by atoms with E-state index in [1.807, 2.05) is 0 Å². The lowest BCUT2D eigenvalue weighted by Crippen LogP contribution is -2.31. The topological polar surface area (TPSA) is 103 Å². The molecule has 0 aromatic carbocycles. The Labute approximate surface area is 178 Å². The molecule has 0 saturated carbocycles. The SMILES string of the molecule is CC(C)c1nn(CC(=O)Nc2ccc3nncn3c2)c(=O)c(Cl)c1OCCC(F)(F)F. The quantitative estimate of drug-likeness (QED) is 0.583. The van der Waals surface area contributed by atoms with Crippen molar-refractivity contribution >= 4 is 28.8 Å². The summed E-state index contributed by atoms with van der Waals surface area (Å²) in [5.41, 5.74) is 0.348. The molecule has 31 heavy (non-hydrogen) atoms. The molecule has 3 aromatic rings. The normalized spacial score (nSPS) is 11.8. The van der Waals surface area contributed by atoms with Crippen molar-refractivity contribution < 1.29 is 22.7 Å². The Morgan fingerprint density at radius 3 is 2.74 bits per heavy atom. The molecule has 0 atom stereocenters. The molecule has 3 rings (SSSR count). The number of carbonyl (C=O) groups excluding carboxylic acids is 1. The number of pyridine rings is 1. The molecule has 1 amide bonds. The first-order valence-corrected chi connectivity index (χ1v) is 9.52. The third-order valence-corrected chi connectivity index (χ3v) is 4.46. The molecule has 166 valence electrons. The molecule has 0 spiro atoms. The first-order chi connectivity index (χ1) is 14.5. The summed E-state index contributed by atoms with van der Waals surface area (Å²) >= 11 is 6.07. The average molecular weight is 459 g/mol. The van der Waals surface area contributed by atoms with Crippen LogP contribution in [0.1, 0.15) is 31.9 Å². The lowest BCUT2D eigenvalue weighted by Gasteiger charge is -2.17. The van der Waals surface area contributed by atoms with Gasteiger partial charge in [-0.1, -0.05) is 25.4 Å². The molecule has 0 fully saturated rings. The van der Waals surface area contributed by atoms with Crippen molar-refractivity contribution in [1.29, 1.82) is 0 Å². The van der Waals surface area contributed by atoms with Gasteiger partial charge in [-0.3, -0.25) is 14.0 Å². The number of amides is 1. The summed E-state index contributed by atoms with van der Waals surface area (Å²) in [5.74, 6) is -1.09. The van der Waals surface area contributed by atoms with E-state index in [0.29, 0.717) is 11.3 Å². The van der Waals surface area contributed by atoms with E-state index < -0.39 is 42.2 Å². The number of hydrogen-bond donors (Lipinski definition) is 1. The zero-order valence-electron chi connectivity index (χ0n) is 16.5. The van der Waals surface area contributed by atoms with Crippen LogP contribution in [0.25, 0.3) is 5.65 Å². The van der Waals surface area contributed by atoms with Gasteiger partial charge in [0.15, 0.2) is 16.4 Å². The summed E-state index contributed by atoms with van der Waals surface area (Å²) < 4.78 is 44.8. The van der Waals surface area contributed by atoms with Crippen molar-refractivity contribution in [3.63, 3.8) is 0 Å². The van der Waals surface area contributed by atoms with Gasteiger partial charge in [-0.2, -0.15) is 18.3 Å². The molecular weight excluding hydrogens is 441 g/mol. The Kier molecular flexibility index (Phi) is 6.48. The molecule has 9 nitrogen and oxygen atoms in total. The maximum absolute atomic E-state index is 12.5. The fourth-order valence-corrected chi connectivity index (χ4v) is 2.92. The summed E-state index contributed by atoms with van der Waals surface area (Å²) in [4.78, 5) is 24.9. The number of rotatable bonds is 7. The van der Waals surface area contributed by atoms with Crippen LogP contribution < -0.4 is 15.6 Å². The van der Waals surface area contributed by atoms with E-state index in [1.54, 1.807) is 36.6 Å². The number of nitrogens with zero attached hydrogens (tertiary/aromatic N) is 5. The highest BCUT2D eigenvalue weighted by Crippen LogP contribution is 2.30. The first kappa shape index (κ1) is 22.5. The van der Waals surface area contributed by atoms with Gasteiger partial charge in [0.1, 0.15) is 18.6 Å². The monoisotopic (exact) mass is 458 g/mol. The van der Waals surface area contributed by atoms with Crippen molar-refractivity contribution in [2.75, 3.05) is 11.9 Å². The van der Waals surface area contributed by atoms with Gasteiger partial charge in [0.05, 0.1) is 18.7 Å². The van der Waals surface area contributed by atoms with E-state index in [1.165, 1.54) is 6.33 Å². The Morgan fingerprint density at radius 1 is 1.32 bits per heavy atom. The average Bonchev–Trinajstić information content (AvgIpc) is 3.13. The highest BCUT2D eigenvalue weighted by Gasteiger charge is 2.28. The van der Waals surface area contributed by atoms with Crippen LogP contribution in [0.4, 0.5) is 18.9 Å². The van der Waals surface area contributed by atoms with Crippen molar-refractivity contribution in [1.82, 2.24) is 24.4 Å². The molecule has 0 aliphatic carbocycles.